The normalized spacial score (nSPS) is 18.3. The molecule has 1 saturated heterocycles. The second kappa shape index (κ2) is 7.96. The molecule has 10 heteroatoms. The van der Waals surface area contributed by atoms with Gasteiger partial charge in [-0.25, -0.2) is 8.42 Å². The topological polar surface area (TPSA) is 113 Å². The molecule has 1 N–H and O–H groups in total. The Hall–Kier alpha value is -1.94. The van der Waals surface area contributed by atoms with Gasteiger partial charge in [0.25, 0.3) is 0 Å². The SMILES string of the molecule is CCCS(=O)(=O)N1CCCC1C(=O)N(C)CC(=O)Nc1cc(C)on1. The number of likely N-dealkylation sites (N-methyl/N-ethyl adjacent to an activating group) is 1. The fourth-order valence-corrected chi connectivity index (χ4v) is 4.59. The van der Waals surface area contributed by atoms with Crippen molar-refractivity contribution in [3.63, 3.8) is 0 Å². The van der Waals surface area contributed by atoms with E-state index in [0.29, 0.717) is 31.6 Å². The van der Waals surface area contributed by atoms with Gasteiger partial charge < -0.3 is 14.7 Å². The number of aromatic nitrogens is 1. The maximum Gasteiger partial charge on any atom is 0.245 e. The number of hydrogen-bond acceptors (Lipinski definition) is 6. The number of nitrogens with zero attached hydrogens (tertiary/aromatic N) is 3. The van der Waals surface area contributed by atoms with Crippen LogP contribution in [-0.2, 0) is 19.6 Å². The minimum absolute atomic E-state index is 0.0203. The second-order valence-corrected chi connectivity index (χ2v) is 8.19. The van der Waals surface area contributed by atoms with Gasteiger partial charge in [-0.2, -0.15) is 4.31 Å². The van der Waals surface area contributed by atoms with Gasteiger partial charge in [0.1, 0.15) is 11.8 Å². The predicted molar refractivity (Wildman–Crippen MR) is 91.3 cm³/mol. The van der Waals surface area contributed by atoms with E-state index in [-0.39, 0.29) is 24.0 Å². The van der Waals surface area contributed by atoms with Crippen LogP contribution >= 0.6 is 0 Å². The highest BCUT2D eigenvalue weighted by Crippen LogP contribution is 2.23. The standard InChI is InChI=1S/C15H24N4O5S/c1-4-8-25(22,23)19-7-5-6-12(19)15(21)18(3)10-14(20)16-13-9-11(2)24-17-13/h9,12H,4-8,10H2,1-3H3,(H,16,17,20). The highest BCUT2D eigenvalue weighted by molar-refractivity contribution is 7.89. The van der Waals surface area contributed by atoms with Gasteiger partial charge in [0, 0.05) is 19.7 Å². The van der Waals surface area contributed by atoms with E-state index in [0.717, 1.165) is 0 Å². The number of rotatable bonds is 7. The Bertz CT molecular complexity index is 730. The fourth-order valence-electron chi connectivity index (χ4n) is 2.85. The highest BCUT2D eigenvalue weighted by Gasteiger charge is 2.39. The molecule has 0 spiro atoms. The number of hydrogen-bond donors (Lipinski definition) is 1. The summed E-state index contributed by atoms with van der Waals surface area (Å²) in [6.07, 6.45) is 1.60. The summed E-state index contributed by atoms with van der Waals surface area (Å²) < 4.78 is 30.7. The lowest BCUT2D eigenvalue weighted by atomic mass is 10.2. The maximum absolute atomic E-state index is 12.6. The van der Waals surface area contributed by atoms with Gasteiger partial charge in [-0.05, 0) is 26.2 Å². The van der Waals surface area contributed by atoms with E-state index < -0.39 is 22.0 Å². The van der Waals surface area contributed by atoms with Crippen LogP contribution in [0.5, 0.6) is 0 Å². The maximum atomic E-state index is 12.6. The molecule has 0 saturated carbocycles. The Balaban J connectivity index is 1.97. The molecule has 1 unspecified atom stereocenters. The molecule has 0 bridgehead atoms. The zero-order chi connectivity index (χ0) is 18.6. The van der Waals surface area contributed by atoms with Crippen LogP contribution in [0.2, 0.25) is 0 Å². The molecule has 1 aromatic heterocycles. The molecule has 25 heavy (non-hydrogen) atoms. The first kappa shape index (κ1) is 19.4. The Labute approximate surface area is 147 Å². The first-order valence-electron chi connectivity index (χ1n) is 8.22. The predicted octanol–water partition coefficient (Wildman–Crippen LogP) is 0.584. The van der Waals surface area contributed by atoms with Gasteiger partial charge in [-0.1, -0.05) is 12.1 Å². The minimum atomic E-state index is -3.45. The van der Waals surface area contributed by atoms with E-state index in [4.69, 9.17) is 4.52 Å². The number of carbonyl (C=O) groups excluding carboxylic acids is 2. The summed E-state index contributed by atoms with van der Waals surface area (Å²) in [5, 5.41) is 6.18. The summed E-state index contributed by atoms with van der Waals surface area (Å²) in [5.74, 6) is 0.0551. The molecule has 2 heterocycles. The number of sulfonamides is 1. The average Bonchev–Trinajstić information content (AvgIpc) is 3.15. The van der Waals surface area contributed by atoms with Crippen LogP contribution < -0.4 is 5.32 Å². The van der Waals surface area contributed by atoms with E-state index in [9.17, 15) is 18.0 Å². The molecular formula is C15H24N4O5S. The molecule has 140 valence electrons. The number of amides is 2. The van der Waals surface area contributed by atoms with Crippen molar-refractivity contribution in [3.05, 3.63) is 11.8 Å². The lowest BCUT2D eigenvalue weighted by molar-refractivity contribution is -0.136. The molecule has 0 radical (unpaired) electrons. The third kappa shape index (κ3) is 4.79. The van der Waals surface area contributed by atoms with E-state index in [1.807, 2.05) is 0 Å². The molecule has 0 aliphatic carbocycles. The molecule has 0 aromatic carbocycles. The van der Waals surface area contributed by atoms with Crippen LogP contribution in [0.3, 0.4) is 0 Å². The molecule has 1 aliphatic heterocycles. The molecule has 2 amide bonds. The molecule has 1 fully saturated rings. The number of anilines is 1. The minimum Gasteiger partial charge on any atom is -0.360 e. The lowest BCUT2D eigenvalue weighted by Crippen LogP contribution is -2.48. The quantitative estimate of drug-likeness (QED) is 0.749. The average molecular weight is 372 g/mol. The van der Waals surface area contributed by atoms with E-state index in [1.54, 1.807) is 19.9 Å². The van der Waals surface area contributed by atoms with Crippen LogP contribution in [0.4, 0.5) is 5.82 Å². The zero-order valence-corrected chi connectivity index (χ0v) is 15.5. The molecule has 9 nitrogen and oxygen atoms in total. The van der Waals surface area contributed by atoms with Gasteiger partial charge in [0.05, 0.1) is 12.3 Å². The van der Waals surface area contributed by atoms with Crippen LogP contribution in [0.25, 0.3) is 0 Å². The van der Waals surface area contributed by atoms with Crippen LogP contribution in [0, 0.1) is 6.92 Å². The monoisotopic (exact) mass is 372 g/mol. The van der Waals surface area contributed by atoms with Crippen LogP contribution in [-0.4, -0.2) is 66.5 Å². The van der Waals surface area contributed by atoms with Crippen molar-refractivity contribution in [2.24, 2.45) is 0 Å². The van der Waals surface area contributed by atoms with Crippen molar-refractivity contribution >= 4 is 27.7 Å². The number of aryl methyl sites for hydroxylation is 1. The van der Waals surface area contributed by atoms with Crippen molar-refractivity contribution in [1.82, 2.24) is 14.4 Å². The Morgan fingerprint density at radius 1 is 1.48 bits per heavy atom. The van der Waals surface area contributed by atoms with Gasteiger partial charge in [0.2, 0.25) is 21.8 Å². The summed E-state index contributed by atoms with van der Waals surface area (Å²) in [6.45, 7) is 3.64. The summed E-state index contributed by atoms with van der Waals surface area (Å²) in [5.41, 5.74) is 0. The van der Waals surface area contributed by atoms with E-state index >= 15 is 0 Å². The number of nitrogens with one attached hydrogen (secondary N) is 1. The fraction of sp³-hybridized carbons (Fsp3) is 0.667. The molecule has 2 rings (SSSR count). The van der Waals surface area contributed by atoms with Crippen molar-refractivity contribution in [3.8, 4) is 0 Å². The molecule has 1 aromatic rings. The Kier molecular flexibility index (Phi) is 6.17. The first-order chi connectivity index (χ1) is 11.7. The molecular weight excluding hydrogens is 348 g/mol. The van der Waals surface area contributed by atoms with Gasteiger partial charge in [-0.15, -0.1) is 0 Å². The van der Waals surface area contributed by atoms with Crippen molar-refractivity contribution in [1.29, 1.82) is 0 Å². The summed E-state index contributed by atoms with van der Waals surface area (Å²) in [7, 11) is -1.96. The summed E-state index contributed by atoms with van der Waals surface area (Å²) in [6, 6.07) is 0.832. The Morgan fingerprint density at radius 3 is 2.80 bits per heavy atom. The number of carbonyl (C=O) groups is 2. The second-order valence-electron chi connectivity index (χ2n) is 6.15. The lowest BCUT2D eigenvalue weighted by Gasteiger charge is -2.27. The third-order valence-electron chi connectivity index (χ3n) is 3.96. The zero-order valence-electron chi connectivity index (χ0n) is 14.7. The van der Waals surface area contributed by atoms with Crippen molar-refractivity contribution < 1.29 is 22.5 Å². The summed E-state index contributed by atoms with van der Waals surface area (Å²) >= 11 is 0. The van der Waals surface area contributed by atoms with Gasteiger partial charge >= 0.3 is 0 Å². The van der Waals surface area contributed by atoms with Gasteiger partial charge in [0.15, 0.2) is 5.82 Å². The molecule has 1 aliphatic rings. The van der Waals surface area contributed by atoms with Gasteiger partial charge in [-0.3, -0.25) is 9.59 Å². The summed E-state index contributed by atoms with van der Waals surface area (Å²) in [4.78, 5) is 25.9. The van der Waals surface area contributed by atoms with Crippen molar-refractivity contribution in [2.75, 3.05) is 31.2 Å². The smallest absolute Gasteiger partial charge is 0.245 e. The molecule has 1 atom stereocenters. The Morgan fingerprint density at radius 2 is 2.20 bits per heavy atom. The van der Waals surface area contributed by atoms with E-state index in [1.165, 1.54) is 16.3 Å². The largest absolute Gasteiger partial charge is 0.360 e. The van der Waals surface area contributed by atoms with Crippen LogP contribution in [0.15, 0.2) is 10.6 Å². The van der Waals surface area contributed by atoms with Crippen LogP contribution in [0.1, 0.15) is 31.9 Å². The highest BCUT2D eigenvalue weighted by atomic mass is 32.2. The van der Waals surface area contributed by atoms with E-state index in [2.05, 4.69) is 10.5 Å². The third-order valence-corrected chi connectivity index (χ3v) is 6.04. The first-order valence-corrected chi connectivity index (χ1v) is 9.83. The van der Waals surface area contributed by atoms with Crippen molar-refractivity contribution in [2.45, 2.75) is 39.2 Å².